The molecule has 3 N–H and O–H groups in total. The van der Waals surface area contributed by atoms with Crippen molar-refractivity contribution in [1.82, 2.24) is 4.90 Å². The fraction of sp³-hybridized carbons (Fsp3) is 0.900. The first kappa shape index (κ1) is 17.0. The minimum absolute atomic E-state index is 0.0449. The molecule has 1 unspecified atom stereocenters. The van der Waals surface area contributed by atoms with Crippen molar-refractivity contribution in [3.05, 3.63) is 0 Å². The third-order valence-electron chi connectivity index (χ3n) is 2.45. The van der Waals surface area contributed by atoms with Gasteiger partial charge in [0.1, 0.15) is 12.4 Å². The van der Waals surface area contributed by atoms with Gasteiger partial charge in [-0.2, -0.15) is 13.2 Å². The topological polar surface area (TPSA) is 71.1 Å². The molecule has 0 spiro atoms. The Morgan fingerprint density at radius 2 is 2.11 bits per heavy atom. The summed E-state index contributed by atoms with van der Waals surface area (Å²) in [5.74, 6) is 0.127. The van der Waals surface area contributed by atoms with Gasteiger partial charge in [-0.05, 0) is 20.4 Å². The normalized spacial score (nSPS) is 15.1. The van der Waals surface area contributed by atoms with Crippen LogP contribution in [0.25, 0.3) is 0 Å². The van der Waals surface area contributed by atoms with Gasteiger partial charge in [-0.25, -0.2) is 0 Å². The van der Waals surface area contributed by atoms with Crippen molar-refractivity contribution in [2.45, 2.75) is 32.0 Å². The molecule has 0 heterocycles. The van der Waals surface area contributed by atoms with Crippen LogP contribution in [-0.2, 0) is 4.74 Å². The maximum atomic E-state index is 11.8. The molecule has 0 aliphatic carbocycles. The van der Waals surface area contributed by atoms with Crippen molar-refractivity contribution in [1.29, 1.82) is 0 Å². The molecule has 0 aliphatic rings. The van der Waals surface area contributed by atoms with E-state index in [1.807, 2.05) is 18.9 Å². The minimum atomic E-state index is -4.27. The monoisotopic (exact) mass is 271 g/mol. The molecule has 0 aromatic rings. The maximum absolute atomic E-state index is 11.8. The lowest BCUT2D eigenvalue weighted by molar-refractivity contribution is -0.174. The van der Waals surface area contributed by atoms with Crippen molar-refractivity contribution in [3.63, 3.8) is 0 Å². The number of halogens is 3. The van der Waals surface area contributed by atoms with E-state index >= 15 is 0 Å². The fourth-order valence-electron chi connectivity index (χ4n) is 1.32. The van der Waals surface area contributed by atoms with E-state index < -0.39 is 12.8 Å². The highest BCUT2D eigenvalue weighted by atomic mass is 19.4. The lowest BCUT2D eigenvalue weighted by Gasteiger charge is -2.24. The van der Waals surface area contributed by atoms with Gasteiger partial charge in [0.15, 0.2) is 0 Å². The van der Waals surface area contributed by atoms with Crippen molar-refractivity contribution < 1.29 is 23.1 Å². The molecule has 0 radical (unpaired) electrons. The Morgan fingerprint density at radius 3 is 2.61 bits per heavy atom. The Hall–Kier alpha value is -1.02. The van der Waals surface area contributed by atoms with E-state index in [2.05, 4.69) is 9.89 Å². The van der Waals surface area contributed by atoms with Crippen LogP contribution in [0.4, 0.5) is 13.2 Å². The standard InChI is InChI=1S/C10H20F3N3O2/c1-8(6-9(14)15-17)16(2)4-3-5-18-7-10(11,12)13/h8,17H,3-7H2,1-2H3,(H2,14,15). The zero-order valence-corrected chi connectivity index (χ0v) is 10.6. The molecule has 8 heteroatoms. The lowest BCUT2D eigenvalue weighted by Crippen LogP contribution is -2.34. The van der Waals surface area contributed by atoms with Gasteiger partial charge in [0.25, 0.3) is 0 Å². The van der Waals surface area contributed by atoms with Gasteiger partial charge in [-0.15, -0.1) is 0 Å². The van der Waals surface area contributed by atoms with E-state index in [-0.39, 0.29) is 18.5 Å². The first-order chi connectivity index (χ1) is 8.26. The molecule has 108 valence electrons. The quantitative estimate of drug-likeness (QED) is 0.230. The fourth-order valence-corrected chi connectivity index (χ4v) is 1.32. The average Bonchev–Trinajstić information content (AvgIpc) is 2.26. The van der Waals surface area contributed by atoms with E-state index in [1.54, 1.807) is 0 Å². The summed E-state index contributed by atoms with van der Waals surface area (Å²) in [6, 6.07) is 0.0449. The molecule has 5 nitrogen and oxygen atoms in total. The van der Waals surface area contributed by atoms with Crippen molar-refractivity contribution in [2.24, 2.45) is 10.9 Å². The van der Waals surface area contributed by atoms with Crippen molar-refractivity contribution in [2.75, 3.05) is 26.8 Å². The van der Waals surface area contributed by atoms with Crippen LogP contribution >= 0.6 is 0 Å². The van der Waals surface area contributed by atoms with Gasteiger partial charge in [0.2, 0.25) is 0 Å². The number of hydrogen-bond donors (Lipinski definition) is 2. The van der Waals surface area contributed by atoms with Crippen LogP contribution in [0.1, 0.15) is 19.8 Å². The predicted octanol–water partition coefficient (Wildman–Crippen LogP) is 1.41. The van der Waals surface area contributed by atoms with Gasteiger partial charge in [-0.1, -0.05) is 5.16 Å². The minimum Gasteiger partial charge on any atom is -0.409 e. The van der Waals surface area contributed by atoms with Crippen LogP contribution in [0.15, 0.2) is 5.16 Å². The third kappa shape index (κ3) is 9.06. The van der Waals surface area contributed by atoms with Gasteiger partial charge in [-0.3, -0.25) is 0 Å². The molecule has 0 rings (SSSR count). The van der Waals surface area contributed by atoms with Crippen LogP contribution in [-0.4, -0.2) is 55.0 Å². The SMILES string of the molecule is CC(CC(N)=NO)N(C)CCCOCC(F)(F)F. The number of ether oxygens (including phenoxy) is 1. The van der Waals surface area contributed by atoms with Gasteiger partial charge in [0, 0.05) is 25.6 Å². The molecular weight excluding hydrogens is 251 g/mol. The number of oxime groups is 1. The summed E-state index contributed by atoms with van der Waals surface area (Å²) in [4.78, 5) is 1.91. The van der Waals surface area contributed by atoms with Gasteiger partial charge in [0.05, 0.1) is 0 Å². The Balaban J connectivity index is 3.67. The molecule has 0 amide bonds. The van der Waals surface area contributed by atoms with E-state index in [9.17, 15) is 13.2 Å². The van der Waals surface area contributed by atoms with E-state index in [0.717, 1.165) is 0 Å². The van der Waals surface area contributed by atoms with Crippen LogP contribution in [0, 0.1) is 0 Å². The third-order valence-corrected chi connectivity index (χ3v) is 2.45. The van der Waals surface area contributed by atoms with Crippen molar-refractivity contribution >= 4 is 5.84 Å². The molecule has 0 fully saturated rings. The summed E-state index contributed by atoms with van der Waals surface area (Å²) in [7, 11) is 1.82. The smallest absolute Gasteiger partial charge is 0.409 e. The first-order valence-corrected chi connectivity index (χ1v) is 5.57. The molecule has 1 atom stereocenters. The first-order valence-electron chi connectivity index (χ1n) is 5.57. The Kier molecular flexibility index (Phi) is 7.69. The molecule has 0 bridgehead atoms. The highest BCUT2D eigenvalue weighted by molar-refractivity contribution is 5.80. The molecular formula is C10H20F3N3O2. The molecule has 18 heavy (non-hydrogen) atoms. The second-order valence-corrected chi connectivity index (χ2v) is 4.15. The number of rotatable bonds is 8. The maximum Gasteiger partial charge on any atom is 0.411 e. The van der Waals surface area contributed by atoms with E-state index in [4.69, 9.17) is 10.9 Å². The number of amidine groups is 1. The number of nitrogens with zero attached hydrogens (tertiary/aromatic N) is 2. The molecule has 0 aliphatic heterocycles. The Morgan fingerprint density at radius 1 is 1.50 bits per heavy atom. The summed E-state index contributed by atoms with van der Waals surface area (Å²) in [6.07, 6.45) is -3.38. The highest BCUT2D eigenvalue weighted by Gasteiger charge is 2.27. The van der Waals surface area contributed by atoms with E-state index in [0.29, 0.717) is 19.4 Å². The summed E-state index contributed by atoms with van der Waals surface area (Å²) in [5.41, 5.74) is 5.36. The lowest BCUT2D eigenvalue weighted by atomic mass is 10.2. The largest absolute Gasteiger partial charge is 0.411 e. The summed E-state index contributed by atoms with van der Waals surface area (Å²) >= 11 is 0. The zero-order valence-electron chi connectivity index (χ0n) is 10.6. The van der Waals surface area contributed by atoms with E-state index in [1.165, 1.54) is 0 Å². The Labute approximate surface area is 104 Å². The summed E-state index contributed by atoms with van der Waals surface area (Å²) < 4.78 is 39.8. The molecule has 0 aromatic heterocycles. The highest BCUT2D eigenvalue weighted by Crippen LogP contribution is 2.14. The second-order valence-electron chi connectivity index (χ2n) is 4.15. The van der Waals surface area contributed by atoms with Crippen LogP contribution in [0.2, 0.25) is 0 Å². The number of hydrogen-bond acceptors (Lipinski definition) is 4. The van der Waals surface area contributed by atoms with Crippen molar-refractivity contribution in [3.8, 4) is 0 Å². The van der Waals surface area contributed by atoms with Gasteiger partial charge >= 0.3 is 6.18 Å². The average molecular weight is 271 g/mol. The molecule has 0 saturated heterocycles. The van der Waals surface area contributed by atoms with Crippen LogP contribution < -0.4 is 5.73 Å². The molecule has 0 aromatic carbocycles. The Bertz CT molecular complexity index is 259. The summed E-state index contributed by atoms with van der Waals surface area (Å²) in [5, 5.41) is 11.3. The molecule has 0 saturated carbocycles. The number of alkyl halides is 3. The second kappa shape index (κ2) is 8.15. The predicted molar refractivity (Wildman–Crippen MR) is 61.6 cm³/mol. The summed E-state index contributed by atoms with van der Waals surface area (Å²) in [6.45, 7) is 1.31. The van der Waals surface area contributed by atoms with Crippen LogP contribution in [0.5, 0.6) is 0 Å². The van der Waals surface area contributed by atoms with Crippen LogP contribution in [0.3, 0.4) is 0 Å². The van der Waals surface area contributed by atoms with Gasteiger partial charge < -0.3 is 20.6 Å². The zero-order chi connectivity index (χ0) is 14.2. The number of nitrogens with two attached hydrogens (primary N) is 1.